The topological polar surface area (TPSA) is 72.6 Å². The second-order valence-electron chi connectivity index (χ2n) is 4.40. The Morgan fingerprint density at radius 1 is 1.44 bits per heavy atom. The van der Waals surface area contributed by atoms with Gasteiger partial charge in [0.15, 0.2) is 5.72 Å². The van der Waals surface area contributed by atoms with Crippen LogP contribution in [0.2, 0.25) is 0 Å². The molecule has 0 aliphatic carbocycles. The van der Waals surface area contributed by atoms with Gasteiger partial charge in [-0.25, -0.2) is 0 Å². The number of rotatable bonds is 7. The van der Waals surface area contributed by atoms with E-state index >= 15 is 0 Å². The molecule has 0 fully saturated rings. The molecule has 0 saturated carbocycles. The van der Waals surface area contributed by atoms with E-state index < -0.39 is 11.8 Å². The van der Waals surface area contributed by atoms with Crippen molar-refractivity contribution in [1.82, 2.24) is 0 Å². The maximum atomic E-state index is 10.6. The minimum Gasteiger partial charge on any atom is -0.388 e. The molecule has 0 aliphatic rings. The SMILES string of the molecule is CCCC[C@H](O)[C@@](N)(OC)c1ccc(C=O)cc1. The van der Waals surface area contributed by atoms with Crippen molar-refractivity contribution in [3.8, 4) is 0 Å². The van der Waals surface area contributed by atoms with Crippen molar-refractivity contribution in [2.24, 2.45) is 5.73 Å². The van der Waals surface area contributed by atoms with Gasteiger partial charge in [-0.15, -0.1) is 0 Å². The van der Waals surface area contributed by atoms with Crippen LogP contribution in [0, 0.1) is 0 Å². The van der Waals surface area contributed by atoms with Gasteiger partial charge in [0.2, 0.25) is 0 Å². The van der Waals surface area contributed by atoms with Crippen molar-refractivity contribution >= 4 is 6.29 Å². The summed E-state index contributed by atoms with van der Waals surface area (Å²) >= 11 is 0. The number of carbonyl (C=O) groups is 1. The highest BCUT2D eigenvalue weighted by Gasteiger charge is 2.35. The molecule has 0 unspecified atom stereocenters. The van der Waals surface area contributed by atoms with E-state index in [2.05, 4.69) is 6.92 Å². The third-order valence-corrected chi connectivity index (χ3v) is 3.16. The standard InChI is InChI=1S/C14H21NO3/c1-3-4-5-13(17)14(15,18-2)12-8-6-11(10-16)7-9-12/h6-10,13,17H,3-5,15H2,1-2H3/t13-,14-/m0/s1. The maximum Gasteiger partial charge on any atom is 0.168 e. The fourth-order valence-corrected chi connectivity index (χ4v) is 1.88. The third-order valence-electron chi connectivity index (χ3n) is 3.16. The number of benzene rings is 1. The molecule has 0 spiro atoms. The Labute approximate surface area is 108 Å². The summed E-state index contributed by atoms with van der Waals surface area (Å²) in [5, 5.41) is 10.2. The van der Waals surface area contributed by atoms with Crippen molar-refractivity contribution < 1.29 is 14.6 Å². The largest absolute Gasteiger partial charge is 0.388 e. The van der Waals surface area contributed by atoms with Crippen LogP contribution in [0.15, 0.2) is 24.3 Å². The normalized spacial score (nSPS) is 16.0. The fourth-order valence-electron chi connectivity index (χ4n) is 1.88. The van der Waals surface area contributed by atoms with E-state index in [9.17, 15) is 9.90 Å². The van der Waals surface area contributed by atoms with Crippen LogP contribution in [0.25, 0.3) is 0 Å². The van der Waals surface area contributed by atoms with Gasteiger partial charge < -0.3 is 9.84 Å². The maximum absolute atomic E-state index is 10.6. The molecular weight excluding hydrogens is 230 g/mol. The average molecular weight is 251 g/mol. The Morgan fingerprint density at radius 3 is 2.50 bits per heavy atom. The van der Waals surface area contributed by atoms with E-state index in [1.807, 2.05) is 0 Å². The number of methoxy groups -OCH3 is 1. The molecule has 1 rings (SSSR count). The van der Waals surface area contributed by atoms with Gasteiger partial charge in [0.25, 0.3) is 0 Å². The molecule has 18 heavy (non-hydrogen) atoms. The van der Waals surface area contributed by atoms with Crippen molar-refractivity contribution in [1.29, 1.82) is 0 Å². The average Bonchev–Trinajstić information content (AvgIpc) is 2.43. The fraction of sp³-hybridized carbons (Fsp3) is 0.500. The van der Waals surface area contributed by atoms with Crippen LogP contribution < -0.4 is 5.73 Å². The molecule has 1 aromatic carbocycles. The molecule has 0 saturated heterocycles. The molecule has 0 bridgehead atoms. The molecule has 0 amide bonds. The molecule has 3 N–H and O–H groups in total. The summed E-state index contributed by atoms with van der Waals surface area (Å²) in [6.07, 6.45) is 2.44. The van der Waals surface area contributed by atoms with E-state index in [-0.39, 0.29) is 0 Å². The van der Waals surface area contributed by atoms with E-state index in [0.717, 1.165) is 19.1 Å². The van der Waals surface area contributed by atoms with Gasteiger partial charge in [0.05, 0.1) is 0 Å². The van der Waals surface area contributed by atoms with Crippen LogP contribution >= 0.6 is 0 Å². The van der Waals surface area contributed by atoms with Crippen molar-refractivity contribution in [3.63, 3.8) is 0 Å². The highest BCUT2D eigenvalue weighted by Crippen LogP contribution is 2.26. The minimum absolute atomic E-state index is 0.570. The zero-order chi connectivity index (χ0) is 13.6. The third kappa shape index (κ3) is 3.16. The Balaban J connectivity index is 2.93. The lowest BCUT2D eigenvalue weighted by Gasteiger charge is -2.33. The number of ether oxygens (including phenoxy) is 1. The van der Waals surface area contributed by atoms with Gasteiger partial charge >= 0.3 is 0 Å². The monoisotopic (exact) mass is 251 g/mol. The van der Waals surface area contributed by atoms with E-state index in [1.54, 1.807) is 24.3 Å². The summed E-state index contributed by atoms with van der Waals surface area (Å²) < 4.78 is 5.30. The highest BCUT2D eigenvalue weighted by molar-refractivity contribution is 5.74. The van der Waals surface area contributed by atoms with Crippen LogP contribution in [-0.2, 0) is 10.5 Å². The van der Waals surface area contributed by atoms with Gasteiger partial charge in [0, 0.05) is 18.2 Å². The van der Waals surface area contributed by atoms with Gasteiger partial charge in [0.1, 0.15) is 12.4 Å². The number of aliphatic hydroxyl groups is 1. The Bertz CT molecular complexity index is 377. The number of hydrogen-bond donors (Lipinski definition) is 2. The van der Waals surface area contributed by atoms with Crippen LogP contribution in [0.1, 0.15) is 42.1 Å². The molecular formula is C14H21NO3. The van der Waals surface area contributed by atoms with Gasteiger partial charge in [-0.05, 0) is 6.42 Å². The Morgan fingerprint density at radius 2 is 2.06 bits per heavy atom. The van der Waals surface area contributed by atoms with Crippen LogP contribution in [0.3, 0.4) is 0 Å². The smallest absolute Gasteiger partial charge is 0.168 e. The predicted octanol–water partition coefficient (Wildman–Crippen LogP) is 1.81. The first-order valence-electron chi connectivity index (χ1n) is 6.16. The quantitative estimate of drug-likeness (QED) is 0.572. The second-order valence-corrected chi connectivity index (χ2v) is 4.40. The Kier molecular flexibility index (Phi) is 5.47. The predicted molar refractivity (Wildman–Crippen MR) is 70.2 cm³/mol. The van der Waals surface area contributed by atoms with Gasteiger partial charge in [-0.1, -0.05) is 44.0 Å². The lowest BCUT2D eigenvalue weighted by molar-refractivity contribution is -0.108. The van der Waals surface area contributed by atoms with Gasteiger partial charge in [-0.3, -0.25) is 10.5 Å². The Hall–Kier alpha value is -1.23. The molecule has 0 aliphatic heterocycles. The highest BCUT2D eigenvalue weighted by atomic mass is 16.5. The molecule has 4 heteroatoms. The van der Waals surface area contributed by atoms with Crippen LogP contribution in [0.5, 0.6) is 0 Å². The van der Waals surface area contributed by atoms with E-state index in [4.69, 9.17) is 10.5 Å². The minimum atomic E-state index is -1.23. The lowest BCUT2D eigenvalue weighted by Crippen LogP contribution is -2.49. The number of unbranched alkanes of at least 4 members (excludes halogenated alkanes) is 1. The summed E-state index contributed by atoms with van der Waals surface area (Å²) in [4.78, 5) is 10.6. The van der Waals surface area contributed by atoms with E-state index in [1.165, 1.54) is 7.11 Å². The zero-order valence-corrected chi connectivity index (χ0v) is 10.9. The molecule has 0 radical (unpaired) electrons. The molecule has 1 aromatic rings. The number of hydrogen-bond acceptors (Lipinski definition) is 4. The van der Waals surface area contributed by atoms with Crippen molar-refractivity contribution in [2.45, 2.75) is 38.0 Å². The molecule has 0 aromatic heterocycles. The number of aliphatic hydroxyl groups excluding tert-OH is 1. The first-order valence-corrected chi connectivity index (χ1v) is 6.16. The van der Waals surface area contributed by atoms with Crippen molar-refractivity contribution in [3.05, 3.63) is 35.4 Å². The summed E-state index contributed by atoms with van der Waals surface area (Å²) in [5.41, 5.74) is 6.14. The zero-order valence-electron chi connectivity index (χ0n) is 10.9. The number of carbonyl (C=O) groups excluding carboxylic acids is 1. The molecule has 100 valence electrons. The van der Waals surface area contributed by atoms with Crippen LogP contribution in [0.4, 0.5) is 0 Å². The molecule has 4 nitrogen and oxygen atoms in total. The summed E-state index contributed by atoms with van der Waals surface area (Å²) in [5.74, 6) is 0. The first-order chi connectivity index (χ1) is 8.58. The van der Waals surface area contributed by atoms with Crippen molar-refractivity contribution in [2.75, 3.05) is 7.11 Å². The first kappa shape index (κ1) is 14.8. The van der Waals surface area contributed by atoms with E-state index in [0.29, 0.717) is 17.5 Å². The second kappa shape index (κ2) is 6.64. The summed E-state index contributed by atoms with van der Waals surface area (Å²) in [7, 11) is 1.48. The van der Waals surface area contributed by atoms with Crippen LogP contribution in [-0.4, -0.2) is 24.6 Å². The molecule has 0 heterocycles. The summed E-state index contributed by atoms with van der Waals surface area (Å²) in [6.45, 7) is 2.05. The lowest BCUT2D eigenvalue weighted by atomic mass is 9.93. The summed E-state index contributed by atoms with van der Waals surface area (Å²) in [6, 6.07) is 6.75. The number of aldehydes is 1. The molecule has 2 atom stereocenters. The number of nitrogens with two attached hydrogens (primary N) is 1. The van der Waals surface area contributed by atoms with Gasteiger partial charge in [-0.2, -0.15) is 0 Å².